The Hall–Kier alpha value is -1.23. The molecule has 2 heterocycles. The van der Waals surface area contributed by atoms with Gasteiger partial charge in [0.25, 0.3) is 0 Å². The average Bonchev–Trinajstić information content (AvgIpc) is 2.96. The Morgan fingerprint density at radius 1 is 1.11 bits per heavy atom. The van der Waals surface area contributed by atoms with Crippen LogP contribution in [-0.4, -0.2) is 10.9 Å². The van der Waals surface area contributed by atoms with Crippen molar-refractivity contribution in [3.63, 3.8) is 0 Å². The number of thiophene rings is 2. The first-order chi connectivity index (χ1) is 8.58. The van der Waals surface area contributed by atoms with Gasteiger partial charge in [0.15, 0.2) is 5.78 Å². The van der Waals surface area contributed by atoms with Crippen molar-refractivity contribution in [2.45, 2.75) is 20.0 Å². The largest absolute Gasteiger partial charge is 0.384 e. The number of rotatable bonds is 0. The molecular weight excluding hydrogens is 264 g/mol. The lowest BCUT2D eigenvalue weighted by Crippen LogP contribution is -1.97. The van der Waals surface area contributed by atoms with Crippen LogP contribution in [0.25, 0.3) is 11.1 Å². The summed E-state index contributed by atoms with van der Waals surface area (Å²) in [4.78, 5) is 16.7. The molecule has 18 heavy (non-hydrogen) atoms. The van der Waals surface area contributed by atoms with Crippen LogP contribution in [0.4, 0.5) is 0 Å². The fourth-order valence-corrected chi connectivity index (χ4v) is 5.01. The van der Waals surface area contributed by atoms with Gasteiger partial charge in [-0.05, 0) is 26.0 Å². The van der Waals surface area contributed by atoms with E-state index in [1.54, 1.807) is 22.7 Å². The highest BCUT2D eigenvalue weighted by Gasteiger charge is 2.43. The molecule has 1 N–H and O–H groups in total. The molecule has 4 heteroatoms. The van der Waals surface area contributed by atoms with E-state index in [2.05, 4.69) is 0 Å². The van der Waals surface area contributed by atoms with E-state index in [9.17, 15) is 9.90 Å². The number of Topliss-reactive ketones (excluding diaryl/α,β-unsaturated/α-hetero) is 1. The average molecular weight is 274 g/mol. The Bertz CT molecular complexity index is 746. The fraction of sp³-hybridized carbons (Fsp3) is 0.214. The van der Waals surface area contributed by atoms with Crippen molar-refractivity contribution in [1.82, 2.24) is 0 Å². The van der Waals surface area contributed by atoms with Gasteiger partial charge in [-0.15, -0.1) is 22.7 Å². The molecule has 0 aromatic carbocycles. The minimum Gasteiger partial charge on any atom is -0.384 e. The number of fused-ring (bicyclic) bond motifs is 4. The highest BCUT2D eigenvalue weighted by molar-refractivity contribution is 7.16. The number of allylic oxidation sites excluding steroid dienone is 1. The molecule has 1 atom stereocenters. The Morgan fingerprint density at radius 3 is 2.56 bits per heavy atom. The number of hydrogen-bond donors (Lipinski definition) is 1. The fourth-order valence-electron chi connectivity index (χ4n) is 2.83. The molecule has 1 unspecified atom stereocenters. The minimum atomic E-state index is -0.622. The molecule has 2 aliphatic carbocycles. The highest BCUT2D eigenvalue weighted by atomic mass is 32.1. The van der Waals surface area contributed by atoms with Crippen molar-refractivity contribution < 1.29 is 9.90 Å². The predicted octanol–water partition coefficient (Wildman–Crippen LogP) is 3.58. The van der Waals surface area contributed by atoms with Gasteiger partial charge in [0, 0.05) is 41.8 Å². The van der Waals surface area contributed by atoms with Crippen LogP contribution in [0.5, 0.6) is 0 Å². The van der Waals surface area contributed by atoms with Crippen molar-refractivity contribution in [2.75, 3.05) is 0 Å². The Morgan fingerprint density at radius 2 is 1.78 bits per heavy atom. The molecule has 0 aliphatic heterocycles. The van der Waals surface area contributed by atoms with E-state index < -0.39 is 6.10 Å². The third kappa shape index (κ3) is 1.09. The summed E-state index contributed by atoms with van der Waals surface area (Å²) >= 11 is 3.21. The molecule has 2 aliphatic rings. The van der Waals surface area contributed by atoms with Gasteiger partial charge in [0.2, 0.25) is 0 Å². The number of ketones is 1. The van der Waals surface area contributed by atoms with Crippen molar-refractivity contribution >= 4 is 39.6 Å². The summed E-state index contributed by atoms with van der Waals surface area (Å²) < 4.78 is 0. The van der Waals surface area contributed by atoms with Crippen LogP contribution in [0.3, 0.4) is 0 Å². The van der Waals surface area contributed by atoms with Crippen LogP contribution in [0.2, 0.25) is 0 Å². The van der Waals surface area contributed by atoms with Crippen LogP contribution in [0, 0.1) is 13.8 Å². The summed E-state index contributed by atoms with van der Waals surface area (Å²) in [6.45, 7) is 4.01. The van der Waals surface area contributed by atoms with Crippen molar-refractivity contribution in [1.29, 1.82) is 0 Å². The van der Waals surface area contributed by atoms with E-state index in [4.69, 9.17) is 0 Å². The molecule has 0 radical (unpaired) electrons. The van der Waals surface area contributed by atoms with Crippen LogP contribution >= 0.6 is 22.7 Å². The van der Waals surface area contributed by atoms with Crippen LogP contribution in [-0.2, 0) is 0 Å². The molecule has 2 nitrogen and oxygen atoms in total. The molecule has 2 aromatic rings. The Kier molecular flexibility index (Phi) is 1.90. The summed E-state index contributed by atoms with van der Waals surface area (Å²) in [5.41, 5.74) is 3.28. The molecule has 0 saturated heterocycles. The minimum absolute atomic E-state index is 0.0870. The zero-order chi connectivity index (χ0) is 12.6. The molecule has 0 bridgehead atoms. The number of aliphatic hydroxyl groups is 1. The second-order valence-electron chi connectivity index (χ2n) is 4.76. The van der Waals surface area contributed by atoms with Gasteiger partial charge in [-0.1, -0.05) is 0 Å². The van der Waals surface area contributed by atoms with Gasteiger partial charge in [-0.3, -0.25) is 4.79 Å². The van der Waals surface area contributed by atoms with Crippen molar-refractivity contribution in [3.8, 4) is 0 Å². The third-order valence-corrected chi connectivity index (χ3v) is 5.69. The lowest BCUT2D eigenvalue weighted by Gasteiger charge is -2.06. The summed E-state index contributed by atoms with van der Waals surface area (Å²) in [6.07, 6.45) is -0.622. The van der Waals surface area contributed by atoms with E-state index in [1.165, 1.54) is 0 Å². The first-order valence-electron chi connectivity index (χ1n) is 5.76. The second kappa shape index (κ2) is 3.20. The van der Waals surface area contributed by atoms with Gasteiger partial charge in [0.05, 0.1) is 0 Å². The van der Waals surface area contributed by atoms with Crippen LogP contribution < -0.4 is 0 Å². The van der Waals surface area contributed by atoms with Crippen molar-refractivity contribution in [3.05, 3.63) is 42.8 Å². The highest BCUT2D eigenvalue weighted by Crippen LogP contribution is 2.56. The van der Waals surface area contributed by atoms with Gasteiger partial charge >= 0.3 is 0 Å². The summed E-state index contributed by atoms with van der Waals surface area (Å²) in [5.74, 6) is 0.0870. The monoisotopic (exact) mass is 274 g/mol. The van der Waals surface area contributed by atoms with Crippen LogP contribution in [0.15, 0.2) is 12.1 Å². The smallest absolute Gasteiger partial charge is 0.196 e. The number of hydrogen-bond acceptors (Lipinski definition) is 4. The van der Waals surface area contributed by atoms with Gasteiger partial charge in [-0.2, -0.15) is 0 Å². The Balaban J connectivity index is 2.03. The maximum Gasteiger partial charge on any atom is 0.196 e. The van der Waals surface area contributed by atoms with Gasteiger partial charge in [0.1, 0.15) is 6.10 Å². The normalized spacial score (nSPS) is 20.4. The standard InChI is InChI=1S/C14H10O2S2/c1-5-3-7-11(15)10-9(13(7)17-5)12(16)8-4-6(2)18-14(8)10/h3-4,11,15H,1-2H3. The van der Waals surface area contributed by atoms with E-state index in [0.29, 0.717) is 0 Å². The maximum absolute atomic E-state index is 12.5. The van der Waals surface area contributed by atoms with Gasteiger partial charge in [-0.25, -0.2) is 0 Å². The first kappa shape index (κ1) is 10.7. The van der Waals surface area contributed by atoms with E-state index >= 15 is 0 Å². The molecule has 0 amide bonds. The molecule has 0 fully saturated rings. The number of aryl methyl sites for hydroxylation is 2. The second-order valence-corrected chi connectivity index (χ2v) is 7.27. The molecular formula is C14H10O2S2. The molecule has 4 rings (SSSR count). The number of carbonyl (C=O) groups is 1. The number of aliphatic hydroxyl groups excluding tert-OH is 1. The lowest BCUT2D eigenvalue weighted by atomic mass is 10.1. The summed E-state index contributed by atoms with van der Waals surface area (Å²) in [5, 5.41) is 10.4. The van der Waals surface area contributed by atoms with E-state index in [0.717, 1.165) is 41.8 Å². The quantitative estimate of drug-likeness (QED) is 0.797. The zero-order valence-corrected chi connectivity index (χ0v) is 11.5. The first-order valence-corrected chi connectivity index (χ1v) is 7.39. The summed E-state index contributed by atoms with van der Waals surface area (Å²) in [7, 11) is 0. The zero-order valence-electron chi connectivity index (χ0n) is 9.90. The Labute approximate surface area is 112 Å². The third-order valence-electron chi connectivity index (χ3n) is 3.52. The van der Waals surface area contributed by atoms with Crippen molar-refractivity contribution in [2.24, 2.45) is 0 Å². The molecule has 0 saturated carbocycles. The molecule has 90 valence electrons. The predicted molar refractivity (Wildman–Crippen MR) is 74.2 cm³/mol. The van der Waals surface area contributed by atoms with Crippen LogP contribution in [0.1, 0.15) is 41.5 Å². The lowest BCUT2D eigenvalue weighted by molar-refractivity contribution is 0.106. The summed E-state index contributed by atoms with van der Waals surface area (Å²) in [6, 6.07) is 3.93. The molecule has 0 spiro atoms. The maximum atomic E-state index is 12.5. The molecule has 2 aromatic heterocycles. The van der Waals surface area contributed by atoms with E-state index in [1.807, 2.05) is 26.0 Å². The topological polar surface area (TPSA) is 37.3 Å². The van der Waals surface area contributed by atoms with E-state index in [-0.39, 0.29) is 5.78 Å². The van der Waals surface area contributed by atoms with Gasteiger partial charge < -0.3 is 5.11 Å². The number of carbonyl (C=O) groups excluding carboxylic acids is 1. The SMILES string of the molecule is Cc1cc2c(s1)C1=C(C2=O)c2sc(C)cc2C1O.